The van der Waals surface area contributed by atoms with Gasteiger partial charge in [-0.25, -0.2) is 8.78 Å². The number of methoxy groups -OCH3 is 1. The summed E-state index contributed by atoms with van der Waals surface area (Å²) >= 11 is 0. The molecule has 7 heterocycles. The number of aromatic nitrogens is 5. The van der Waals surface area contributed by atoms with Crippen molar-refractivity contribution < 1.29 is 37.5 Å². The van der Waals surface area contributed by atoms with E-state index in [4.69, 9.17) is 4.74 Å². The zero-order chi connectivity index (χ0) is 57.1. The Morgan fingerprint density at radius 1 is 0.812 bits per heavy atom. The molecule has 424 valence electrons. The van der Waals surface area contributed by atoms with Crippen molar-refractivity contribution in [1.82, 2.24) is 49.5 Å². The fourth-order valence-corrected chi connectivity index (χ4v) is 10.8. The minimum Gasteiger partial charge on any atom is -0.496 e. The lowest BCUT2D eigenvalue weighted by Gasteiger charge is -2.30. The molecule has 6 aromatic rings. The number of benzene rings is 3. The van der Waals surface area contributed by atoms with Gasteiger partial charge in [0.2, 0.25) is 18.7 Å². The third-order valence-corrected chi connectivity index (χ3v) is 15.6. The number of piperidine rings is 1. The molecule has 0 bridgehead atoms. The van der Waals surface area contributed by atoms with Crippen molar-refractivity contribution in [3.05, 3.63) is 125 Å². The van der Waals surface area contributed by atoms with Gasteiger partial charge in [0.1, 0.15) is 17.1 Å². The number of nitrogens with zero attached hydrogens (tertiary/aromatic N) is 8. The molecule has 0 saturated carbocycles. The largest absolute Gasteiger partial charge is 0.496 e. The number of aromatic amines is 2. The number of rotatable bonds is 13. The SMILES string of the molecule is CCCn1ccnn1.COc1ccccc1-c1cc(C2=CCCN(C=O)C2)c(F)c2[nH]c(C(=O)N3CCCC(C)C3)cc12.Cc1c(C(=O)N(C)C)[nH]c2c(F)c(C3=CCCN(C(=O)CCC4(C)C=C4)C3)ccc12.O=CN1CCCC1. The van der Waals surface area contributed by atoms with Gasteiger partial charge in [0.25, 0.3) is 11.8 Å². The maximum absolute atomic E-state index is 16.0. The smallest absolute Gasteiger partial charge is 0.270 e. The molecule has 18 heteroatoms. The number of likely N-dealkylation sites (tertiary alicyclic amines) is 2. The summed E-state index contributed by atoms with van der Waals surface area (Å²) in [5, 5.41) is 8.76. The number of H-pyrrole nitrogens is 2. The van der Waals surface area contributed by atoms with Crippen molar-refractivity contribution in [3.8, 4) is 16.9 Å². The second-order valence-corrected chi connectivity index (χ2v) is 21.9. The van der Waals surface area contributed by atoms with E-state index in [9.17, 15) is 24.0 Å². The van der Waals surface area contributed by atoms with E-state index >= 15 is 8.78 Å². The Balaban J connectivity index is 0.000000168. The van der Waals surface area contributed by atoms with Crippen molar-refractivity contribution >= 4 is 63.5 Å². The van der Waals surface area contributed by atoms with Gasteiger partial charge in [-0.1, -0.05) is 80.6 Å². The monoisotopic (exact) mass is 1090 g/mol. The normalized spacial score (nSPS) is 17.3. The molecule has 4 aliphatic heterocycles. The molecular weight excluding hydrogens is 1020 g/mol. The number of hydrogen-bond acceptors (Lipinski definition) is 8. The lowest BCUT2D eigenvalue weighted by atomic mass is 9.93. The first-order valence-electron chi connectivity index (χ1n) is 28.0. The summed E-state index contributed by atoms with van der Waals surface area (Å²) in [6.07, 6.45) is 21.8. The van der Waals surface area contributed by atoms with Crippen molar-refractivity contribution in [2.24, 2.45) is 11.3 Å². The third kappa shape index (κ3) is 13.7. The Labute approximate surface area is 467 Å². The molecule has 1 atom stereocenters. The van der Waals surface area contributed by atoms with E-state index in [1.54, 1.807) is 49.3 Å². The van der Waals surface area contributed by atoms with Crippen LogP contribution >= 0.6 is 0 Å². The van der Waals surface area contributed by atoms with Crippen molar-refractivity contribution in [1.29, 1.82) is 0 Å². The molecule has 3 aromatic heterocycles. The molecule has 2 fully saturated rings. The molecule has 1 aliphatic carbocycles. The highest BCUT2D eigenvalue weighted by molar-refractivity contribution is 6.05. The van der Waals surface area contributed by atoms with Crippen LogP contribution in [0.15, 0.2) is 85.2 Å². The van der Waals surface area contributed by atoms with Gasteiger partial charge in [0.05, 0.1) is 24.3 Å². The summed E-state index contributed by atoms with van der Waals surface area (Å²) in [5.41, 5.74) is 6.35. The van der Waals surface area contributed by atoms with E-state index in [-0.39, 0.29) is 29.0 Å². The first-order chi connectivity index (χ1) is 38.6. The number of allylic oxidation sites excluding steroid dienone is 2. The quantitative estimate of drug-likeness (QED) is 0.0849. The molecule has 0 spiro atoms. The van der Waals surface area contributed by atoms with E-state index in [1.807, 2.05) is 76.2 Å². The van der Waals surface area contributed by atoms with Crippen LogP contribution in [0.25, 0.3) is 44.1 Å². The fourth-order valence-electron chi connectivity index (χ4n) is 10.8. The Morgan fingerprint density at radius 3 is 2.16 bits per heavy atom. The highest BCUT2D eigenvalue weighted by Crippen LogP contribution is 2.41. The second kappa shape index (κ2) is 26.4. The molecule has 5 aliphatic rings. The molecule has 2 N–H and O–H groups in total. The Bertz CT molecular complexity index is 3270. The number of halogens is 2. The highest BCUT2D eigenvalue weighted by atomic mass is 19.1. The standard InChI is InChI=1S/C28H30FN3O3.C24H28FN3O2.C5H9N3.C5H9NO/c1-18-7-5-12-32(15-18)28(34)24-14-23-22(20-9-3-4-10-25(20)35-2)13-21(26(29)27(23)30-24)19-8-6-11-31(16-19)17-33;1-15-17-7-8-18(20(25)22(17)26-21(15)23(30)27(3)4)16-6-5-13-28(14-16)19(29)9-10-24(2)11-12-24;1-2-4-8-5-3-6-7-8;7-5-6-3-1-2-4-6/h3-4,8-10,13-14,17-18,30H,5-7,11-12,15-16H2,1-2H3;6-8,11-12,26H,5,9-10,13-14H2,1-4H3;3,5H,2,4H2,1H3;5H,1-4H2. The summed E-state index contributed by atoms with van der Waals surface area (Å²) in [5.74, 6) is 0.154. The number of fused-ring (bicyclic) bond motifs is 2. The predicted octanol–water partition coefficient (Wildman–Crippen LogP) is 10.3. The number of para-hydroxylation sites is 1. The minimum absolute atomic E-state index is 0.106. The Hall–Kier alpha value is -7.89. The van der Waals surface area contributed by atoms with Gasteiger partial charge in [0.15, 0.2) is 11.6 Å². The molecule has 2 saturated heterocycles. The number of aryl methyl sites for hydroxylation is 2. The number of hydrogen-bond donors (Lipinski definition) is 2. The van der Waals surface area contributed by atoms with Gasteiger partial charge in [-0.05, 0) is 105 Å². The minimum atomic E-state index is -0.413. The van der Waals surface area contributed by atoms with Gasteiger partial charge in [0, 0.05) is 118 Å². The van der Waals surface area contributed by atoms with E-state index in [0.29, 0.717) is 115 Å². The van der Waals surface area contributed by atoms with Gasteiger partial charge in [-0.15, -0.1) is 5.10 Å². The van der Waals surface area contributed by atoms with Crippen LogP contribution in [0, 0.1) is 29.9 Å². The summed E-state index contributed by atoms with van der Waals surface area (Å²) in [6, 6.07) is 14.8. The van der Waals surface area contributed by atoms with Crippen LogP contribution in [0.4, 0.5) is 8.78 Å². The van der Waals surface area contributed by atoms with E-state index in [0.717, 1.165) is 86.0 Å². The molecule has 0 radical (unpaired) electrons. The fraction of sp³-hybridized carbons (Fsp3) is 0.435. The predicted molar refractivity (Wildman–Crippen MR) is 309 cm³/mol. The van der Waals surface area contributed by atoms with E-state index in [2.05, 4.69) is 53.2 Å². The lowest BCUT2D eigenvalue weighted by Crippen LogP contribution is -2.39. The molecule has 16 nitrogen and oxygen atoms in total. The van der Waals surface area contributed by atoms with Crippen LogP contribution in [0.5, 0.6) is 5.75 Å². The first kappa shape index (κ1) is 58.3. The molecule has 1 unspecified atom stereocenters. The van der Waals surface area contributed by atoms with Crippen molar-refractivity contribution in [2.45, 2.75) is 92.0 Å². The lowest BCUT2D eigenvalue weighted by molar-refractivity contribution is -0.131. The molecular formula is C62H76F2N10O6. The second-order valence-electron chi connectivity index (χ2n) is 21.9. The van der Waals surface area contributed by atoms with Gasteiger partial charge in [-0.3, -0.25) is 28.7 Å². The summed E-state index contributed by atoms with van der Waals surface area (Å²) in [4.78, 5) is 74.4. The maximum Gasteiger partial charge on any atom is 0.270 e. The number of amides is 5. The summed E-state index contributed by atoms with van der Waals surface area (Å²) in [7, 11) is 4.95. The van der Waals surface area contributed by atoms with Crippen LogP contribution in [0.1, 0.15) is 116 Å². The van der Waals surface area contributed by atoms with E-state index < -0.39 is 5.82 Å². The van der Waals surface area contributed by atoms with Crippen LogP contribution < -0.4 is 4.74 Å². The highest BCUT2D eigenvalue weighted by Gasteiger charge is 2.31. The van der Waals surface area contributed by atoms with Gasteiger partial charge in [-0.2, -0.15) is 0 Å². The number of carbonyl (C=O) groups excluding carboxylic acids is 5. The van der Waals surface area contributed by atoms with Crippen LogP contribution in [0.3, 0.4) is 0 Å². The molecule has 11 rings (SSSR count). The van der Waals surface area contributed by atoms with Crippen molar-refractivity contribution in [2.75, 3.05) is 73.6 Å². The van der Waals surface area contributed by atoms with Crippen LogP contribution in [0.2, 0.25) is 0 Å². The Morgan fingerprint density at radius 2 is 1.51 bits per heavy atom. The number of carbonyl (C=O) groups is 5. The molecule has 5 amide bonds. The zero-order valence-electron chi connectivity index (χ0n) is 47.3. The maximum atomic E-state index is 16.0. The van der Waals surface area contributed by atoms with Crippen LogP contribution in [-0.2, 0) is 20.9 Å². The summed E-state index contributed by atoms with van der Waals surface area (Å²) in [6.45, 7) is 14.6. The zero-order valence-corrected chi connectivity index (χ0v) is 47.3. The number of ether oxygens (including phenoxy) is 1. The summed E-state index contributed by atoms with van der Waals surface area (Å²) < 4.78 is 38.9. The van der Waals surface area contributed by atoms with Gasteiger partial charge >= 0.3 is 0 Å². The first-order valence-corrected chi connectivity index (χ1v) is 28.0. The number of nitrogens with one attached hydrogen (secondary N) is 2. The van der Waals surface area contributed by atoms with Crippen LogP contribution in [-0.4, -0.2) is 154 Å². The van der Waals surface area contributed by atoms with E-state index in [1.165, 1.54) is 17.7 Å². The van der Waals surface area contributed by atoms with Crippen molar-refractivity contribution in [3.63, 3.8) is 0 Å². The van der Waals surface area contributed by atoms with Gasteiger partial charge < -0.3 is 39.2 Å². The average Bonchev–Trinajstić information content (AvgIpc) is 4.12. The molecule has 80 heavy (non-hydrogen) atoms. The average molecular weight is 1100 g/mol. The third-order valence-electron chi connectivity index (χ3n) is 15.6. The molecule has 3 aromatic carbocycles. The Kier molecular flexibility index (Phi) is 19.2. The topological polar surface area (TPSA) is 173 Å².